The van der Waals surface area contributed by atoms with Crippen molar-refractivity contribution in [2.45, 2.75) is 64.4 Å². The van der Waals surface area contributed by atoms with Crippen LogP contribution in [0.4, 0.5) is 0 Å². The molecule has 5 rings (SSSR count). The Labute approximate surface area is 178 Å². The Morgan fingerprint density at radius 2 is 1.77 bits per heavy atom. The number of ether oxygens (including phenoxy) is 1. The fraction of sp³-hybridized carbons (Fsp3) is 0.615. The summed E-state index contributed by atoms with van der Waals surface area (Å²) >= 11 is 0. The van der Waals surface area contributed by atoms with Crippen LogP contribution in [-0.2, 0) is 9.59 Å². The van der Waals surface area contributed by atoms with Crippen molar-refractivity contribution in [1.82, 2.24) is 0 Å². The third-order valence-corrected chi connectivity index (χ3v) is 9.32. The summed E-state index contributed by atoms with van der Waals surface area (Å²) in [4.78, 5) is 25.3. The lowest BCUT2D eigenvalue weighted by Crippen LogP contribution is -2.60. The highest BCUT2D eigenvalue weighted by atomic mass is 16.5. The van der Waals surface area contributed by atoms with E-state index < -0.39 is 11.5 Å². The summed E-state index contributed by atoms with van der Waals surface area (Å²) in [5, 5.41) is 11.8. The zero-order valence-electron chi connectivity index (χ0n) is 18.2. The molecular formula is C26H32O4. The number of ketones is 2. The van der Waals surface area contributed by atoms with Crippen LogP contribution in [-0.4, -0.2) is 29.9 Å². The number of hydrogen-bond donors (Lipinski definition) is 1. The van der Waals surface area contributed by atoms with Gasteiger partial charge in [-0.05, 0) is 79.5 Å². The molecule has 4 heteroatoms. The number of allylic oxidation sites excluding steroid dienone is 1. The summed E-state index contributed by atoms with van der Waals surface area (Å²) < 4.78 is 5.35. The molecule has 7 atom stereocenters. The second kappa shape index (κ2) is 6.78. The van der Waals surface area contributed by atoms with Gasteiger partial charge >= 0.3 is 0 Å². The zero-order chi connectivity index (χ0) is 21.3. The number of fused-ring (bicyclic) bond motifs is 5. The first-order chi connectivity index (χ1) is 14.3. The van der Waals surface area contributed by atoms with Gasteiger partial charge in [0.25, 0.3) is 0 Å². The van der Waals surface area contributed by atoms with Crippen LogP contribution in [0.3, 0.4) is 0 Å². The molecule has 0 heterocycles. The summed E-state index contributed by atoms with van der Waals surface area (Å²) in [5.74, 6) is 1.99. The van der Waals surface area contributed by atoms with E-state index in [2.05, 4.69) is 19.1 Å². The molecule has 0 aromatic heterocycles. The van der Waals surface area contributed by atoms with Gasteiger partial charge in [-0.2, -0.15) is 0 Å². The summed E-state index contributed by atoms with van der Waals surface area (Å²) in [5.41, 5.74) is 1.57. The van der Waals surface area contributed by atoms with Gasteiger partial charge in [0.15, 0.2) is 5.78 Å². The SMILES string of the molecule is COc1ccc([C@@H]2C3[C@@H](CCC4=CC(=O)CC[C@@]43C)[C@@H]3CCC(=O)[C@@]3(C)[C@H]2O)cc1. The van der Waals surface area contributed by atoms with Crippen LogP contribution in [0.5, 0.6) is 5.75 Å². The lowest BCUT2D eigenvalue weighted by Gasteiger charge is -2.61. The first-order valence-electron chi connectivity index (χ1n) is 11.4. The minimum atomic E-state index is -0.707. The second-order valence-electron chi connectivity index (χ2n) is 10.4. The topological polar surface area (TPSA) is 63.6 Å². The molecule has 4 aliphatic carbocycles. The number of Topliss-reactive ketones (excluding diaryl/α,β-unsaturated/α-hetero) is 1. The van der Waals surface area contributed by atoms with Crippen LogP contribution in [0.1, 0.15) is 63.9 Å². The number of aliphatic hydroxyl groups is 1. The van der Waals surface area contributed by atoms with E-state index in [9.17, 15) is 14.7 Å². The quantitative estimate of drug-likeness (QED) is 0.785. The Morgan fingerprint density at radius 3 is 2.47 bits per heavy atom. The van der Waals surface area contributed by atoms with Crippen molar-refractivity contribution < 1.29 is 19.4 Å². The maximum Gasteiger partial charge on any atom is 0.155 e. The first-order valence-corrected chi connectivity index (χ1v) is 11.4. The highest BCUT2D eigenvalue weighted by molar-refractivity contribution is 5.92. The van der Waals surface area contributed by atoms with E-state index >= 15 is 0 Å². The van der Waals surface area contributed by atoms with Crippen molar-refractivity contribution in [3.63, 3.8) is 0 Å². The Hall–Kier alpha value is -1.94. The molecule has 1 aromatic carbocycles. The van der Waals surface area contributed by atoms with Crippen molar-refractivity contribution in [1.29, 1.82) is 0 Å². The van der Waals surface area contributed by atoms with Crippen molar-refractivity contribution >= 4 is 11.6 Å². The van der Waals surface area contributed by atoms with Gasteiger partial charge in [-0.1, -0.05) is 24.6 Å². The highest BCUT2D eigenvalue weighted by Gasteiger charge is 2.66. The maximum atomic E-state index is 13.1. The number of hydrogen-bond acceptors (Lipinski definition) is 4. The van der Waals surface area contributed by atoms with E-state index in [0.717, 1.165) is 37.0 Å². The summed E-state index contributed by atoms with van der Waals surface area (Å²) in [6.45, 7) is 4.33. The van der Waals surface area contributed by atoms with Gasteiger partial charge in [0.05, 0.1) is 18.6 Å². The highest BCUT2D eigenvalue weighted by Crippen LogP contribution is 2.68. The Kier molecular flexibility index (Phi) is 4.52. The molecule has 4 aliphatic rings. The molecule has 0 bridgehead atoms. The number of carbonyl (C=O) groups excluding carboxylic acids is 2. The average molecular weight is 409 g/mol. The fourth-order valence-corrected chi connectivity index (χ4v) is 7.69. The third kappa shape index (κ3) is 2.55. The fourth-order valence-electron chi connectivity index (χ4n) is 7.69. The van der Waals surface area contributed by atoms with Crippen LogP contribution in [0.25, 0.3) is 0 Å². The van der Waals surface area contributed by atoms with Gasteiger partial charge in [-0.25, -0.2) is 0 Å². The minimum absolute atomic E-state index is 0.102. The van der Waals surface area contributed by atoms with Crippen molar-refractivity contribution in [3.8, 4) is 5.75 Å². The molecule has 0 saturated heterocycles. The van der Waals surface area contributed by atoms with E-state index in [1.807, 2.05) is 25.1 Å². The summed E-state index contributed by atoms with van der Waals surface area (Å²) in [6.07, 6.45) is 6.02. The molecule has 0 spiro atoms. The van der Waals surface area contributed by atoms with E-state index in [0.29, 0.717) is 18.8 Å². The van der Waals surface area contributed by atoms with Crippen LogP contribution >= 0.6 is 0 Å². The molecule has 4 nitrogen and oxygen atoms in total. The normalized spacial score (nSPS) is 42.8. The predicted octanol–water partition coefficient (Wildman–Crippen LogP) is 4.46. The van der Waals surface area contributed by atoms with E-state index in [1.165, 1.54) is 5.57 Å². The van der Waals surface area contributed by atoms with Crippen molar-refractivity contribution in [2.75, 3.05) is 7.11 Å². The smallest absolute Gasteiger partial charge is 0.155 e. The van der Waals surface area contributed by atoms with Gasteiger partial charge in [-0.3, -0.25) is 9.59 Å². The molecule has 160 valence electrons. The molecule has 3 fully saturated rings. The van der Waals surface area contributed by atoms with E-state index in [1.54, 1.807) is 7.11 Å². The Bertz CT molecular complexity index is 915. The molecule has 0 radical (unpaired) electrons. The van der Waals surface area contributed by atoms with E-state index in [4.69, 9.17) is 4.74 Å². The number of carbonyl (C=O) groups is 2. The number of methoxy groups -OCH3 is 1. The standard InChI is InChI=1S/C26H32O4/c1-25-13-12-17(27)14-16(25)6-9-19-20-10-11-21(28)26(20,2)24(29)22(23(19)25)15-4-7-18(30-3)8-5-15/h4-5,7-8,14,19-20,22-24,29H,6,9-13H2,1-3H3/t19-,20-,22+,23?,24-,25-,26-/m0/s1. The average Bonchev–Trinajstić information content (AvgIpc) is 3.05. The van der Waals surface area contributed by atoms with Crippen LogP contribution in [0, 0.1) is 28.6 Å². The number of aliphatic hydroxyl groups excluding tert-OH is 1. The molecule has 3 saturated carbocycles. The molecule has 0 aliphatic heterocycles. The second-order valence-corrected chi connectivity index (χ2v) is 10.4. The van der Waals surface area contributed by atoms with Crippen molar-refractivity contribution in [2.24, 2.45) is 28.6 Å². The van der Waals surface area contributed by atoms with E-state index in [-0.39, 0.29) is 34.7 Å². The van der Waals surface area contributed by atoms with Crippen LogP contribution < -0.4 is 4.74 Å². The monoisotopic (exact) mass is 408 g/mol. The molecule has 1 aromatic rings. The Morgan fingerprint density at radius 1 is 1.03 bits per heavy atom. The molecule has 1 unspecified atom stereocenters. The van der Waals surface area contributed by atoms with Crippen LogP contribution in [0.15, 0.2) is 35.9 Å². The van der Waals surface area contributed by atoms with Gasteiger partial charge in [0.2, 0.25) is 0 Å². The minimum Gasteiger partial charge on any atom is -0.497 e. The third-order valence-electron chi connectivity index (χ3n) is 9.32. The molecular weight excluding hydrogens is 376 g/mol. The van der Waals surface area contributed by atoms with Crippen molar-refractivity contribution in [3.05, 3.63) is 41.5 Å². The predicted molar refractivity (Wildman–Crippen MR) is 114 cm³/mol. The molecule has 1 N–H and O–H groups in total. The summed E-state index contributed by atoms with van der Waals surface area (Å²) in [6, 6.07) is 8.02. The molecule has 30 heavy (non-hydrogen) atoms. The lowest BCUT2D eigenvalue weighted by molar-refractivity contribution is -0.157. The van der Waals surface area contributed by atoms with Gasteiger partial charge in [0.1, 0.15) is 11.5 Å². The lowest BCUT2D eigenvalue weighted by atomic mass is 9.43. The number of rotatable bonds is 2. The zero-order valence-corrected chi connectivity index (χ0v) is 18.2. The molecule has 0 amide bonds. The van der Waals surface area contributed by atoms with Gasteiger partial charge < -0.3 is 9.84 Å². The van der Waals surface area contributed by atoms with Gasteiger partial charge in [-0.15, -0.1) is 0 Å². The largest absolute Gasteiger partial charge is 0.497 e. The van der Waals surface area contributed by atoms with Crippen LogP contribution in [0.2, 0.25) is 0 Å². The number of benzene rings is 1. The summed E-state index contributed by atoms with van der Waals surface area (Å²) in [7, 11) is 1.65. The maximum absolute atomic E-state index is 13.1. The van der Waals surface area contributed by atoms with Gasteiger partial charge in [0, 0.05) is 18.8 Å². The Balaban J connectivity index is 1.67. The first kappa shape index (κ1) is 20.0.